The molecule has 8 heteroatoms. The van der Waals surface area contributed by atoms with Gasteiger partial charge in [-0.3, -0.25) is 4.79 Å². The lowest BCUT2D eigenvalue weighted by atomic mass is 10.3. The Morgan fingerprint density at radius 3 is 2.30 bits per heavy atom. The highest BCUT2D eigenvalue weighted by molar-refractivity contribution is 7.86. The lowest BCUT2D eigenvalue weighted by molar-refractivity contribution is -0.121. The summed E-state index contributed by atoms with van der Waals surface area (Å²) in [6.45, 7) is 8.46. The van der Waals surface area contributed by atoms with Gasteiger partial charge in [0.05, 0.1) is 18.8 Å². The number of morpholine rings is 1. The third-order valence-electron chi connectivity index (χ3n) is 3.09. The predicted octanol–water partition coefficient (Wildman–Crippen LogP) is -0.202. The van der Waals surface area contributed by atoms with Crippen molar-refractivity contribution in [2.75, 3.05) is 32.7 Å². The highest BCUT2D eigenvalue weighted by Crippen LogP contribution is 2.17. The number of carbonyl (C=O) groups is 1. The quantitative estimate of drug-likeness (QED) is 0.737. The number of nitrogens with zero attached hydrogens (tertiary/aromatic N) is 2. The molecule has 0 aliphatic carbocycles. The predicted molar refractivity (Wildman–Crippen MR) is 76.4 cm³/mol. The number of hydrogen-bond donors (Lipinski definition) is 1. The molecule has 0 radical (unpaired) electrons. The molecule has 7 nitrogen and oxygen atoms in total. The van der Waals surface area contributed by atoms with E-state index in [9.17, 15) is 13.2 Å². The van der Waals surface area contributed by atoms with Crippen molar-refractivity contribution >= 4 is 16.1 Å². The maximum absolute atomic E-state index is 12.6. The van der Waals surface area contributed by atoms with E-state index < -0.39 is 10.2 Å². The SMILES string of the molecule is CCNC(=O)CN(CC)S(=O)(=O)N1CC(C)OC(C)C1. The van der Waals surface area contributed by atoms with Gasteiger partial charge in [-0.1, -0.05) is 6.92 Å². The van der Waals surface area contributed by atoms with Crippen LogP contribution in [0.25, 0.3) is 0 Å². The first-order valence-corrected chi connectivity index (χ1v) is 8.38. The van der Waals surface area contributed by atoms with Crippen LogP contribution in [0.15, 0.2) is 0 Å². The summed E-state index contributed by atoms with van der Waals surface area (Å²) in [5.74, 6) is -0.285. The molecule has 1 amide bonds. The Labute approximate surface area is 121 Å². The Morgan fingerprint density at radius 2 is 1.85 bits per heavy atom. The monoisotopic (exact) mass is 307 g/mol. The van der Waals surface area contributed by atoms with Gasteiger partial charge in [-0.2, -0.15) is 17.0 Å². The summed E-state index contributed by atoms with van der Waals surface area (Å²) in [6, 6.07) is 0. The van der Waals surface area contributed by atoms with Gasteiger partial charge in [0.15, 0.2) is 0 Å². The molecule has 0 saturated carbocycles. The lowest BCUT2D eigenvalue weighted by Gasteiger charge is -2.36. The molecule has 2 unspecified atom stereocenters. The van der Waals surface area contributed by atoms with Crippen molar-refractivity contribution < 1.29 is 17.9 Å². The molecule has 0 aromatic carbocycles. The topological polar surface area (TPSA) is 79.0 Å². The zero-order valence-corrected chi connectivity index (χ0v) is 13.4. The van der Waals surface area contributed by atoms with Crippen LogP contribution in [0.2, 0.25) is 0 Å². The molecule has 0 aromatic heterocycles. The Hall–Kier alpha value is -0.700. The summed E-state index contributed by atoms with van der Waals surface area (Å²) in [6.07, 6.45) is -0.284. The molecule has 0 spiro atoms. The molecule has 1 heterocycles. The van der Waals surface area contributed by atoms with Crippen LogP contribution in [0.4, 0.5) is 0 Å². The van der Waals surface area contributed by atoms with Crippen molar-refractivity contribution in [3.05, 3.63) is 0 Å². The minimum absolute atomic E-state index is 0.142. The fraction of sp³-hybridized carbons (Fsp3) is 0.917. The van der Waals surface area contributed by atoms with Crippen LogP contribution in [-0.4, -0.2) is 67.9 Å². The first-order chi connectivity index (χ1) is 9.31. The van der Waals surface area contributed by atoms with Crippen molar-refractivity contribution in [1.29, 1.82) is 0 Å². The van der Waals surface area contributed by atoms with Crippen molar-refractivity contribution in [3.8, 4) is 0 Å². The van der Waals surface area contributed by atoms with E-state index in [0.29, 0.717) is 19.6 Å². The molecule has 0 aromatic rings. The molecule has 0 bridgehead atoms. The molecule has 1 saturated heterocycles. The molecular weight excluding hydrogens is 282 g/mol. The molecule has 1 N–H and O–H groups in total. The normalized spacial score (nSPS) is 24.9. The van der Waals surface area contributed by atoms with E-state index in [-0.39, 0.29) is 31.2 Å². The number of amides is 1. The molecule has 118 valence electrons. The maximum atomic E-state index is 12.6. The van der Waals surface area contributed by atoms with E-state index in [2.05, 4.69) is 5.32 Å². The van der Waals surface area contributed by atoms with Crippen LogP contribution in [-0.2, 0) is 19.7 Å². The summed E-state index contributed by atoms with van der Waals surface area (Å²) in [5, 5.41) is 2.61. The lowest BCUT2D eigenvalue weighted by Crippen LogP contribution is -2.54. The number of carbonyl (C=O) groups excluding carboxylic acids is 1. The molecule has 1 aliphatic rings. The molecule has 1 fully saturated rings. The van der Waals surface area contributed by atoms with Gasteiger partial charge >= 0.3 is 0 Å². The molecular formula is C12H25N3O4S. The molecule has 1 aliphatic heterocycles. The minimum Gasteiger partial charge on any atom is -0.373 e. The van der Waals surface area contributed by atoms with Crippen molar-refractivity contribution in [3.63, 3.8) is 0 Å². The van der Waals surface area contributed by atoms with Gasteiger partial charge in [0, 0.05) is 26.2 Å². The molecule has 2 atom stereocenters. The fourth-order valence-corrected chi connectivity index (χ4v) is 3.98. The number of likely N-dealkylation sites (N-methyl/N-ethyl adjacent to an activating group) is 2. The standard InChI is InChI=1S/C12H25N3O4S/c1-5-13-12(16)9-14(6-2)20(17,18)15-7-10(3)19-11(4)8-15/h10-11H,5-9H2,1-4H3,(H,13,16). The number of ether oxygens (including phenoxy) is 1. The van der Waals surface area contributed by atoms with Gasteiger partial charge in [0.2, 0.25) is 5.91 Å². The second-order valence-electron chi connectivity index (χ2n) is 4.96. The summed E-state index contributed by atoms with van der Waals surface area (Å²) in [7, 11) is -3.63. The smallest absolute Gasteiger partial charge is 0.282 e. The van der Waals surface area contributed by atoms with E-state index >= 15 is 0 Å². The van der Waals surface area contributed by atoms with Crippen LogP contribution < -0.4 is 5.32 Å². The summed E-state index contributed by atoms with van der Waals surface area (Å²) >= 11 is 0. The summed E-state index contributed by atoms with van der Waals surface area (Å²) in [4.78, 5) is 11.6. The Bertz CT molecular complexity index is 416. The van der Waals surface area contributed by atoms with Gasteiger partial charge in [-0.25, -0.2) is 0 Å². The first-order valence-electron chi connectivity index (χ1n) is 6.98. The Balaban J connectivity index is 2.80. The van der Waals surface area contributed by atoms with Gasteiger partial charge in [-0.05, 0) is 20.8 Å². The van der Waals surface area contributed by atoms with Gasteiger partial charge in [0.25, 0.3) is 10.2 Å². The van der Waals surface area contributed by atoms with Gasteiger partial charge in [0.1, 0.15) is 0 Å². The van der Waals surface area contributed by atoms with Crippen molar-refractivity contribution in [1.82, 2.24) is 13.9 Å². The van der Waals surface area contributed by atoms with E-state index in [0.717, 1.165) is 0 Å². The van der Waals surface area contributed by atoms with Crippen LogP contribution in [0.3, 0.4) is 0 Å². The maximum Gasteiger partial charge on any atom is 0.282 e. The fourth-order valence-electron chi connectivity index (χ4n) is 2.25. The minimum atomic E-state index is -3.63. The number of nitrogens with one attached hydrogen (secondary N) is 1. The van der Waals surface area contributed by atoms with Crippen LogP contribution in [0.1, 0.15) is 27.7 Å². The van der Waals surface area contributed by atoms with Crippen molar-refractivity contribution in [2.24, 2.45) is 0 Å². The van der Waals surface area contributed by atoms with E-state index in [1.807, 2.05) is 13.8 Å². The number of rotatable bonds is 6. The van der Waals surface area contributed by atoms with Crippen LogP contribution in [0.5, 0.6) is 0 Å². The van der Waals surface area contributed by atoms with E-state index in [4.69, 9.17) is 4.74 Å². The largest absolute Gasteiger partial charge is 0.373 e. The van der Waals surface area contributed by atoms with Gasteiger partial charge < -0.3 is 10.1 Å². The first kappa shape index (κ1) is 17.4. The number of hydrogen-bond acceptors (Lipinski definition) is 4. The molecule has 1 rings (SSSR count). The highest BCUT2D eigenvalue weighted by atomic mass is 32.2. The second kappa shape index (κ2) is 7.35. The van der Waals surface area contributed by atoms with Crippen LogP contribution >= 0.6 is 0 Å². The molecule has 20 heavy (non-hydrogen) atoms. The summed E-state index contributed by atoms with van der Waals surface area (Å²) < 4.78 is 33.3. The average Bonchev–Trinajstić information content (AvgIpc) is 2.34. The third kappa shape index (κ3) is 4.41. The Morgan fingerprint density at radius 1 is 1.30 bits per heavy atom. The summed E-state index contributed by atoms with van der Waals surface area (Å²) in [5.41, 5.74) is 0. The Kier molecular flexibility index (Phi) is 6.38. The highest BCUT2D eigenvalue weighted by Gasteiger charge is 2.35. The van der Waals surface area contributed by atoms with Crippen molar-refractivity contribution in [2.45, 2.75) is 39.9 Å². The average molecular weight is 307 g/mol. The van der Waals surface area contributed by atoms with Gasteiger partial charge in [-0.15, -0.1) is 0 Å². The van der Waals surface area contributed by atoms with E-state index in [1.165, 1.54) is 8.61 Å². The third-order valence-corrected chi connectivity index (χ3v) is 5.08. The van der Waals surface area contributed by atoms with E-state index in [1.54, 1.807) is 13.8 Å². The van der Waals surface area contributed by atoms with Crippen LogP contribution in [0, 0.1) is 0 Å². The zero-order chi connectivity index (χ0) is 15.3. The second-order valence-corrected chi connectivity index (χ2v) is 6.89. The zero-order valence-electron chi connectivity index (χ0n) is 12.6.